The molecule has 0 bridgehead atoms. The van der Waals surface area contributed by atoms with Gasteiger partial charge in [0.05, 0.1) is 12.9 Å². The number of nitrogens with zero attached hydrogens (tertiary/aromatic N) is 3. The summed E-state index contributed by atoms with van der Waals surface area (Å²) in [7, 11) is 1.63. The SMILES string of the molecule is COc1ccc(Cc2nnc(SCC(=O)NC3CC3)n2N)cc1. The summed E-state index contributed by atoms with van der Waals surface area (Å²) in [5.74, 6) is 7.79. The Morgan fingerprint density at radius 2 is 2.13 bits per heavy atom. The average molecular weight is 333 g/mol. The van der Waals surface area contributed by atoms with Crippen molar-refractivity contribution in [1.29, 1.82) is 0 Å². The third kappa shape index (κ3) is 4.16. The summed E-state index contributed by atoms with van der Waals surface area (Å²) >= 11 is 1.29. The standard InChI is InChI=1S/C15H19N5O2S/c1-22-12-6-2-10(3-7-12)8-13-18-19-15(20(13)16)23-9-14(21)17-11-4-5-11/h2-3,6-7,11H,4-5,8-9,16H2,1H3,(H,17,21). The second-order valence-electron chi connectivity index (χ2n) is 5.42. The number of amides is 1. The predicted molar refractivity (Wildman–Crippen MR) is 87.9 cm³/mol. The van der Waals surface area contributed by atoms with Crippen molar-refractivity contribution < 1.29 is 9.53 Å². The Kier molecular flexibility index (Phi) is 4.71. The molecule has 1 saturated carbocycles. The van der Waals surface area contributed by atoms with E-state index in [1.165, 1.54) is 16.4 Å². The monoisotopic (exact) mass is 333 g/mol. The number of carbonyl (C=O) groups is 1. The fourth-order valence-corrected chi connectivity index (χ4v) is 2.77. The zero-order valence-corrected chi connectivity index (χ0v) is 13.7. The summed E-state index contributed by atoms with van der Waals surface area (Å²) in [5.41, 5.74) is 1.06. The van der Waals surface area contributed by atoms with Crippen molar-refractivity contribution >= 4 is 17.7 Å². The molecule has 23 heavy (non-hydrogen) atoms. The number of nitrogens with one attached hydrogen (secondary N) is 1. The molecule has 1 aromatic carbocycles. The molecule has 1 fully saturated rings. The molecule has 122 valence electrons. The Morgan fingerprint density at radius 3 is 2.78 bits per heavy atom. The maximum absolute atomic E-state index is 11.7. The summed E-state index contributed by atoms with van der Waals surface area (Å²) < 4.78 is 6.58. The molecule has 1 aliphatic carbocycles. The van der Waals surface area contributed by atoms with Crippen LogP contribution in [-0.2, 0) is 11.2 Å². The van der Waals surface area contributed by atoms with Gasteiger partial charge >= 0.3 is 0 Å². The molecule has 1 heterocycles. The third-order valence-corrected chi connectivity index (χ3v) is 4.47. The highest BCUT2D eigenvalue weighted by Gasteiger charge is 2.23. The molecule has 0 unspecified atom stereocenters. The molecule has 7 nitrogen and oxygen atoms in total. The molecule has 2 aromatic rings. The number of nitrogens with two attached hydrogens (primary N) is 1. The second-order valence-corrected chi connectivity index (χ2v) is 6.37. The van der Waals surface area contributed by atoms with E-state index in [-0.39, 0.29) is 5.91 Å². The first-order chi connectivity index (χ1) is 11.2. The van der Waals surface area contributed by atoms with Crippen LogP contribution in [0.4, 0.5) is 0 Å². The summed E-state index contributed by atoms with van der Waals surface area (Å²) in [6, 6.07) is 8.08. The van der Waals surface area contributed by atoms with Gasteiger partial charge in [0.1, 0.15) is 5.75 Å². The minimum atomic E-state index is 0.0113. The number of hydrogen-bond donors (Lipinski definition) is 2. The molecule has 0 aliphatic heterocycles. The van der Waals surface area contributed by atoms with E-state index in [9.17, 15) is 4.79 Å². The van der Waals surface area contributed by atoms with Crippen LogP contribution < -0.4 is 15.9 Å². The van der Waals surface area contributed by atoms with Crippen molar-refractivity contribution in [2.45, 2.75) is 30.5 Å². The number of carbonyl (C=O) groups excluding carboxylic acids is 1. The number of aromatic nitrogens is 3. The van der Waals surface area contributed by atoms with Crippen molar-refractivity contribution in [2.75, 3.05) is 18.7 Å². The molecule has 8 heteroatoms. The van der Waals surface area contributed by atoms with Gasteiger partial charge in [0.15, 0.2) is 5.82 Å². The van der Waals surface area contributed by atoms with E-state index in [0.717, 1.165) is 24.2 Å². The highest BCUT2D eigenvalue weighted by atomic mass is 32.2. The summed E-state index contributed by atoms with van der Waals surface area (Å²) in [4.78, 5) is 11.7. The molecule has 0 saturated heterocycles. The Morgan fingerprint density at radius 1 is 1.39 bits per heavy atom. The van der Waals surface area contributed by atoms with Gasteiger partial charge in [-0.3, -0.25) is 4.79 Å². The molecule has 3 N–H and O–H groups in total. The van der Waals surface area contributed by atoms with Gasteiger partial charge in [0.2, 0.25) is 11.1 Å². The van der Waals surface area contributed by atoms with Crippen molar-refractivity contribution in [3.63, 3.8) is 0 Å². The number of methoxy groups -OCH3 is 1. The molecule has 0 atom stereocenters. The predicted octanol–water partition coefficient (Wildman–Crippen LogP) is 0.962. The number of nitrogen functional groups attached to an aromatic ring is 1. The first kappa shape index (κ1) is 15.7. The van der Waals surface area contributed by atoms with Crippen molar-refractivity contribution in [3.05, 3.63) is 35.7 Å². The highest BCUT2D eigenvalue weighted by Crippen LogP contribution is 2.20. The zero-order chi connectivity index (χ0) is 16.2. The van der Waals surface area contributed by atoms with E-state index in [1.807, 2.05) is 24.3 Å². The Hall–Kier alpha value is -2.22. The minimum Gasteiger partial charge on any atom is -0.497 e. The Balaban J connectivity index is 1.58. The van der Waals surface area contributed by atoms with Crippen LogP contribution in [0, 0.1) is 0 Å². The fourth-order valence-electron chi connectivity index (χ4n) is 2.08. The van der Waals surface area contributed by atoms with Gasteiger partial charge in [-0.15, -0.1) is 10.2 Å². The van der Waals surface area contributed by atoms with Gasteiger partial charge in [-0.25, -0.2) is 4.68 Å². The van der Waals surface area contributed by atoms with Crippen LogP contribution in [-0.4, -0.2) is 39.7 Å². The van der Waals surface area contributed by atoms with Crippen LogP contribution in [0.1, 0.15) is 24.2 Å². The molecular weight excluding hydrogens is 314 g/mol. The van der Waals surface area contributed by atoms with Gasteiger partial charge in [-0.1, -0.05) is 23.9 Å². The van der Waals surface area contributed by atoms with Gasteiger partial charge in [-0.2, -0.15) is 0 Å². The van der Waals surface area contributed by atoms with Gasteiger partial charge in [0.25, 0.3) is 0 Å². The van der Waals surface area contributed by atoms with E-state index in [1.54, 1.807) is 7.11 Å². The van der Waals surface area contributed by atoms with Crippen LogP contribution in [0.15, 0.2) is 29.4 Å². The lowest BCUT2D eigenvalue weighted by atomic mass is 10.1. The van der Waals surface area contributed by atoms with Crippen LogP contribution in [0.3, 0.4) is 0 Å². The summed E-state index contributed by atoms with van der Waals surface area (Å²) in [6.07, 6.45) is 2.73. The van der Waals surface area contributed by atoms with Crippen molar-refractivity contribution in [2.24, 2.45) is 0 Å². The van der Waals surface area contributed by atoms with E-state index in [0.29, 0.717) is 29.2 Å². The van der Waals surface area contributed by atoms with Gasteiger partial charge in [-0.05, 0) is 30.5 Å². The average Bonchev–Trinajstić information content (AvgIpc) is 3.31. The Labute approximate surface area is 138 Å². The van der Waals surface area contributed by atoms with E-state index in [4.69, 9.17) is 10.6 Å². The zero-order valence-electron chi connectivity index (χ0n) is 12.9. The lowest BCUT2D eigenvalue weighted by Crippen LogP contribution is -2.27. The minimum absolute atomic E-state index is 0.0113. The molecule has 1 aromatic heterocycles. The highest BCUT2D eigenvalue weighted by molar-refractivity contribution is 7.99. The number of thioether (sulfide) groups is 1. The lowest BCUT2D eigenvalue weighted by Gasteiger charge is -2.05. The smallest absolute Gasteiger partial charge is 0.230 e. The summed E-state index contributed by atoms with van der Waals surface area (Å²) in [6.45, 7) is 0. The summed E-state index contributed by atoms with van der Waals surface area (Å²) in [5, 5.41) is 11.6. The number of rotatable bonds is 7. The largest absolute Gasteiger partial charge is 0.497 e. The third-order valence-electron chi connectivity index (χ3n) is 3.53. The number of benzene rings is 1. The first-order valence-electron chi connectivity index (χ1n) is 7.40. The maximum atomic E-state index is 11.7. The maximum Gasteiger partial charge on any atom is 0.230 e. The normalized spacial score (nSPS) is 13.8. The molecule has 0 spiro atoms. The lowest BCUT2D eigenvalue weighted by molar-refractivity contribution is -0.118. The van der Waals surface area contributed by atoms with Crippen LogP contribution in [0.2, 0.25) is 0 Å². The second kappa shape index (κ2) is 6.91. The Bertz CT molecular complexity index is 682. The van der Waals surface area contributed by atoms with Gasteiger partial charge < -0.3 is 15.9 Å². The van der Waals surface area contributed by atoms with Crippen LogP contribution in [0.25, 0.3) is 0 Å². The van der Waals surface area contributed by atoms with Gasteiger partial charge in [0, 0.05) is 12.5 Å². The molecular formula is C15H19N5O2S. The van der Waals surface area contributed by atoms with Crippen LogP contribution >= 0.6 is 11.8 Å². The quantitative estimate of drug-likeness (QED) is 0.579. The number of ether oxygens (including phenoxy) is 1. The molecule has 0 radical (unpaired) electrons. The van der Waals surface area contributed by atoms with E-state index >= 15 is 0 Å². The fraction of sp³-hybridized carbons (Fsp3) is 0.400. The van der Waals surface area contributed by atoms with Crippen molar-refractivity contribution in [3.8, 4) is 5.75 Å². The van der Waals surface area contributed by atoms with Crippen molar-refractivity contribution in [1.82, 2.24) is 20.2 Å². The first-order valence-corrected chi connectivity index (χ1v) is 8.38. The molecule has 1 aliphatic rings. The molecule has 3 rings (SSSR count). The van der Waals surface area contributed by atoms with E-state index < -0.39 is 0 Å². The van der Waals surface area contributed by atoms with Crippen LogP contribution in [0.5, 0.6) is 5.75 Å². The van der Waals surface area contributed by atoms with E-state index in [2.05, 4.69) is 15.5 Å². The topological polar surface area (TPSA) is 95.1 Å². The number of hydrogen-bond acceptors (Lipinski definition) is 6. The molecule has 1 amide bonds.